The summed E-state index contributed by atoms with van der Waals surface area (Å²) in [5.74, 6) is 1.19. The molecule has 5 N–H and O–H groups in total. The molecule has 0 aliphatic rings. The van der Waals surface area contributed by atoms with Crippen molar-refractivity contribution >= 4 is 28.9 Å². The first-order valence-corrected chi connectivity index (χ1v) is 5.73. The highest BCUT2D eigenvalue weighted by atomic mass is 32.1. The third-order valence-corrected chi connectivity index (χ3v) is 3.15. The number of hydrogen-bond acceptors (Lipinski definition) is 6. The molecule has 5 nitrogen and oxygen atoms in total. The zero-order valence-corrected chi connectivity index (χ0v) is 9.66. The van der Waals surface area contributed by atoms with Gasteiger partial charge in [0.05, 0.1) is 6.04 Å². The molecule has 0 fully saturated rings. The summed E-state index contributed by atoms with van der Waals surface area (Å²) in [6.45, 7) is 2.06. The van der Waals surface area contributed by atoms with Gasteiger partial charge in [-0.3, -0.25) is 0 Å². The average Bonchev–Trinajstić information content (AvgIpc) is 2.68. The van der Waals surface area contributed by atoms with Crippen LogP contribution in [0.1, 0.15) is 17.8 Å². The fraction of sp³-hybridized carbons (Fsp3) is 0.200. The highest BCUT2D eigenvalue weighted by Crippen LogP contribution is 2.22. The Hall–Kier alpha value is -1.82. The quantitative estimate of drug-likeness (QED) is 0.755. The molecular formula is C10H13N5S. The van der Waals surface area contributed by atoms with Crippen molar-refractivity contribution in [1.29, 1.82) is 0 Å². The molecule has 2 aromatic rings. The fourth-order valence-corrected chi connectivity index (χ4v) is 2.12. The molecule has 2 heterocycles. The Bertz CT molecular complexity index is 448. The summed E-state index contributed by atoms with van der Waals surface area (Å²) < 4.78 is 0. The number of hydrogen-bond donors (Lipinski definition) is 3. The second kappa shape index (κ2) is 4.36. The predicted octanol–water partition coefficient (Wildman–Crippen LogP) is 1.88. The van der Waals surface area contributed by atoms with Gasteiger partial charge in [0, 0.05) is 10.9 Å². The van der Waals surface area contributed by atoms with Crippen molar-refractivity contribution in [2.24, 2.45) is 0 Å². The maximum Gasteiger partial charge on any atom is 0.223 e. The zero-order chi connectivity index (χ0) is 11.5. The van der Waals surface area contributed by atoms with Crippen LogP contribution in [0.5, 0.6) is 0 Å². The van der Waals surface area contributed by atoms with Gasteiger partial charge in [0.15, 0.2) is 0 Å². The van der Waals surface area contributed by atoms with Gasteiger partial charge < -0.3 is 16.8 Å². The van der Waals surface area contributed by atoms with Crippen molar-refractivity contribution in [3.05, 3.63) is 28.5 Å². The minimum atomic E-state index is 0.175. The van der Waals surface area contributed by atoms with E-state index < -0.39 is 0 Å². The van der Waals surface area contributed by atoms with Crippen LogP contribution in [-0.4, -0.2) is 9.97 Å². The van der Waals surface area contributed by atoms with E-state index in [9.17, 15) is 0 Å². The lowest BCUT2D eigenvalue weighted by Crippen LogP contribution is -2.09. The molecule has 0 spiro atoms. The monoisotopic (exact) mass is 235 g/mol. The lowest BCUT2D eigenvalue weighted by Gasteiger charge is -2.13. The zero-order valence-electron chi connectivity index (χ0n) is 8.84. The van der Waals surface area contributed by atoms with Gasteiger partial charge in [0.1, 0.15) is 11.6 Å². The summed E-state index contributed by atoms with van der Waals surface area (Å²) >= 11 is 1.69. The highest BCUT2D eigenvalue weighted by Gasteiger charge is 2.07. The van der Waals surface area contributed by atoms with Crippen molar-refractivity contribution in [3.8, 4) is 0 Å². The largest absolute Gasteiger partial charge is 0.383 e. The maximum atomic E-state index is 5.59. The Morgan fingerprint density at radius 2 is 2.19 bits per heavy atom. The van der Waals surface area contributed by atoms with Gasteiger partial charge in [-0.15, -0.1) is 11.3 Å². The van der Waals surface area contributed by atoms with Gasteiger partial charge in [-0.1, -0.05) is 6.07 Å². The molecule has 0 amide bonds. The number of rotatable bonds is 3. The number of nitrogen functional groups attached to an aromatic ring is 2. The number of nitrogens with two attached hydrogens (primary N) is 2. The first-order valence-electron chi connectivity index (χ1n) is 4.85. The van der Waals surface area contributed by atoms with Crippen LogP contribution in [0.15, 0.2) is 23.6 Å². The van der Waals surface area contributed by atoms with Crippen LogP contribution in [0.3, 0.4) is 0 Å². The number of anilines is 3. The molecule has 0 radical (unpaired) electrons. The Morgan fingerprint density at radius 1 is 1.38 bits per heavy atom. The van der Waals surface area contributed by atoms with Crippen LogP contribution >= 0.6 is 11.3 Å². The topological polar surface area (TPSA) is 89.8 Å². The minimum absolute atomic E-state index is 0.175. The molecule has 84 valence electrons. The molecule has 0 saturated carbocycles. The molecule has 6 heteroatoms. The van der Waals surface area contributed by atoms with E-state index in [-0.39, 0.29) is 12.0 Å². The van der Waals surface area contributed by atoms with Gasteiger partial charge in [-0.05, 0) is 18.4 Å². The normalized spacial score (nSPS) is 12.3. The molecule has 0 bridgehead atoms. The van der Waals surface area contributed by atoms with Crippen molar-refractivity contribution in [3.63, 3.8) is 0 Å². The summed E-state index contributed by atoms with van der Waals surface area (Å²) in [5, 5.41) is 5.26. The van der Waals surface area contributed by atoms with Crippen molar-refractivity contribution in [1.82, 2.24) is 9.97 Å². The van der Waals surface area contributed by atoms with Crippen LogP contribution in [0.2, 0.25) is 0 Å². The molecule has 0 aliphatic heterocycles. The van der Waals surface area contributed by atoms with Crippen LogP contribution in [-0.2, 0) is 0 Å². The Kier molecular flexibility index (Phi) is 2.91. The van der Waals surface area contributed by atoms with Crippen molar-refractivity contribution in [2.75, 3.05) is 16.8 Å². The van der Waals surface area contributed by atoms with E-state index >= 15 is 0 Å². The molecule has 16 heavy (non-hydrogen) atoms. The molecule has 2 rings (SSSR count). The highest BCUT2D eigenvalue weighted by molar-refractivity contribution is 7.10. The summed E-state index contributed by atoms with van der Waals surface area (Å²) in [7, 11) is 0. The predicted molar refractivity (Wildman–Crippen MR) is 67.2 cm³/mol. The van der Waals surface area contributed by atoms with E-state index in [1.54, 1.807) is 17.4 Å². The summed E-state index contributed by atoms with van der Waals surface area (Å²) in [4.78, 5) is 9.11. The Labute approximate surface area is 97.5 Å². The van der Waals surface area contributed by atoms with E-state index in [4.69, 9.17) is 11.5 Å². The Balaban J connectivity index is 2.15. The van der Waals surface area contributed by atoms with Crippen LogP contribution in [0, 0.1) is 0 Å². The summed E-state index contributed by atoms with van der Waals surface area (Å²) in [6, 6.07) is 5.92. The van der Waals surface area contributed by atoms with Gasteiger partial charge >= 0.3 is 0 Å². The Morgan fingerprint density at radius 3 is 2.81 bits per heavy atom. The van der Waals surface area contributed by atoms with Crippen LogP contribution in [0.25, 0.3) is 0 Å². The third kappa shape index (κ3) is 2.40. The van der Waals surface area contributed by atoms with Gasteiger partial charge in [-0.25, -0.2) is 0 Å². The number of nitrogens with zero attached hydrogens (tertiary/aromatic N) is 2. The lowest BCUT2D eigenvalue weighted by atomic mass is 10.3. The third-order valence-electron chi connectivity index (χ3n) is 2.10. The van der Waals surface area contributed by atoms with Crippen LogP contribution in [0.4, 0.5) is 17.6 Å². The van der Waals surface area contributed by atoms with Crippen molar-refractivity contribution in [2.45, 2.75) is 13.0 Å². The van der Waals surface area contributed by atoms with Gasteiger partial charge in [-0.2, -0.15) is 9.97 Å². The number of nitrogens with one attached hydrogen (secondary N) is 1. The average molecular weight is 235 g/mol. The molecule has 0 aliphatic carbocycles. The van der Waals surface area contributed by atoms with E-state index in [0.717, 1.165) is 0 Å². The van der Waals surface area contributed by atoms with E-state index in [0.29, 0.717) is 11.6 Å². The first kappa shape index (κ1) is 10.7. The summed E-state index contributed by atoms with van der Waals surface area (Å²) in [6.07, 6.45) is 0. The SMILES string of the molecule is CC(Nc1cc(N)nc(N)n1)c1cccs1. The molecule has 0 aromatic carbocycles. The standard InChI is InChI=1S/C10H13N5S/c1-6(7-3-2-4-16-7)13-9-5-8(11)14-10(12)15-9/h2-6H,1H3,(H5,11,12,13,14,15). The van der Waals surface area contributed by atoms with Crippen LogP contribution < -0.4 is 16.8 Å². The number of thiophene rings is 1. The van der Waals surface area contributed by atoms with E-state index in [1.165, 1.54) is 4.88 Å². The molecule has 2 aromatic heterocycles. The molecular weight excluding hydrogens is 222 g/mol. The fourth-order valence-electron chi connectivity index (χ4n) is 1.39. The maximum absolute atomic E-state index is 5.59. The second-order valence-electron chi connectivity index (χ2n) is 3.42. The van der Waals surface area contributed by atoms with Gasteiger partial charge in [0.2, 0.25) is 5.95 Å². The number of aromatic nitrogens is 2. The smallest absolute Gasteiger partial charge is 0.223 e. The molecule has 0 saturated heterocycles. The summed E-state index contributed by atoms with van der Waals surface area (Å²) in [5.41, 5.74) is 11.1. The van der Waals surface area contributed by atoms with E-state index in [2.05, 4.69) is 28.3 Å². The van der Waals surface area contributed by atoms with E-state index in [1.807, 2.05) is 11.4 Å². The second-order valence-corrected chi connectivity index (χ2v) is 4.40. The van der Waals surface area contributed by atoms with Crippen molar-refractivity contribution < 1.29 is 0 Å². The minimum Gasteiger partial charge on any atom is -0.383 e. The lowest BCUT2D eigenvalue weighted by molar-refractivity contribution is 0.895. The molecule has 1 unspecified atom stereocenters. The first-order chi connectivity index (χ1) is 7.65. The van der Waals surface area contributed by atoms with Gasteiger partial charge in [0.25, 0.3) is 0 Å². The molecule has 1 atom stereocenters.